The number of nitrogens with one attached hydrogen (secondary N) is 2. The SMILES string of the molecule is CC(=O)Oc1cccc(C(=O)NCc2ccc(NC(=O)/C=C/C(C)C)cc2)c1. The van der Waals surface area contributed by atoms with E-state index in [-0.39, 0.29) is 11.8 Å². The van der Waals surface area contributed by atoms with Crippen molar-refractivity contribution in [2.24, 2.45) is 5.92 Å². The van der Waals surface area contributed by atoms with Gasteiger partial charge in [-0.1, -0.05) is 38.1 Å². The molecule has 0 radical (unpaired) electrons. The van der Waals surface area contributed by atoms with Crippen molar-refractivity contribution in [3.05, 3.63) is 71.8 Å². The van der Waals surface area contributed by atoms with Gasteiger partial charge in [0.05, 0.1) is 0 Å². The van der Waals surface area contributed by atoms with Gasteiger partial charge in [-0.25, -0.2) is 0 Å². The summed E-state index contributed by atoms with van der Waals surface area (Å²) in [5, 5.41) is 5.59. The lowest BCUT2D eigenvalue weighted by Crippen LogP contribution is -2.22. The van der Waals surface area contributed by atoms with Crippen molar-refractivity contribution < 1.29 is 19.1 Å². The Morgan fingerprint density at radius 1 is 1.07 bits per heavy atom. The van der Waals surface area contributed by atoms with Crippen LogP contribution in [-0.4, -0.2) is 17.8 Å². The first-order chi connectivity index (χ1) is 13.3. The summed E-state index contributed by atoms with van der Waals surface area (Å²) in [6.45, 7) is 5.64. The molecule has 0 heterocycles. The standard InChI is InChI=1S/C22H24N2O4/c1-15(2)7-12-21(26)24-19-10-8-17(9-11-19)14-23-22(27)18-5-4-6-20(13-18)28-16(3)25/h4-13,15H,14H2,1-3H3,(H,23,27)(H,24,26)/b12-7+. The number of rotatable bonds is 7. The highest BCUT2D eigenvalue weighted by atomic mass is 16.5. The van der Waals surface area contributed by atoms with Gasteiger partial charge in [0.2, 0.25) is 5.91 Å². The molecule has 28 heavy (non-hydrogen) atoms. The van der Waals surface area contributed by atoms with Gasteiger partial charge in [0, 0.05) is 24.7 Å². The molecule has 0 bridgehead atoms. The molecule has 2 amide bonds. The van der Waals surface area contributed by atoms with Gasteiger partial charge in [-0.05, 0) is 47.9 Å². The van der Waals surface area contributed by atoms with Crippen molar-refractivity contribution in [3.8, 4) is 5.75 Å². The number of hydrogen-bond acceptors (Lipinski definition) is 4. The zero-order valence-corrected chi connectivity index (χ0v) is 16.2. The van der Waals surface area contributed by atoms with Crippen molar-refractivity contribution in [1.29, 1.82) is 0 Å². The highest BCUT2D eigenvalue weighted by molar-refractivity contribution is 5.99. The Balaban J connectivity index is 1.90. The fraction of sp³-hybridized carbons (Fsp3) is 0.227. The summed E-state index contributed by atoms with van der Waals surface area (Å²) in [7, 11) is 0. The Labute approximate surface area is 164 Å². The molecule has 0 aliphatic rings. The Hall–Kier alpha value is -3.41. The van der Waals surface area contributed by atoms with Gasteiger partial charge < -0.3 is 15.4 Å². The number of amides is 2. The minimum atomic E-state index is -0.440. The van der Waals surface area contributed by atoms with E-state index in [0.29, 0.717) is 29.5 Å². The second-order valence-corrected chi connectivity index (χ2v) is 6.59. The molecule has 0 aromatic heterocycles. The number of anilines is 1. The second kappa shape index (κ2) is 10.1. The summed E-state index contributed by atoms with van der Waals surface area (Å²) in [4.78, 5) is 35.1. The zero-order valence-electron chi connectivity index (χ0n) is 16.2. The molecule has 2 N–H and O–H groups in total. The average Bonchev–Trinajstić information content (AvgIpc) is 2.65. The van der Waals surface area contributed by atoms with Crippen molar-refractivity contribution >= 4 is 23.5 Å². The summed E-state index contributed by atoms with van der Waals surface area (Å²) in [5.41, 5.74) is 1.97. The van der Waals surface area contributed by atoms with Crippen LogP contribution in [0.5, 0.6) is 5.75 Å². The first-order valence-electron chi connectivity index (χ1n) is 8.98. The molecule has 146 valence electrons. The van der Waals surface area contributed by atoms with Crippen LogP contribution in [0.2, 0.25) is 0 Å². The van der Waals surface area contributed by atoms with Gasteiger partial charge in [0.25, 0.3) is 5.91 Å². The molecule has 0 atom stereocenters. The first-order valence-corrected chi connectivity index (χ1v) is 8.98. The molecule has 0 saturated heterocycles. The smallest absolute Gasteiger partial charge is 0.308 e. The lowest BCUT2D eigenvalue weighted by molar-refractivity contribution is -0.131. The molecule has 0 fully saturated rings. The number of allylic oxidation sites excluding steroid dienone is 1. The summed E-state index contributed by atoms with van der Waals surface area (Å²) in [5.74, 6) is -0.254. The van der Waals surface area contributed by atoms with Crippen LogP contribution in [0.1, 0.15) is 36.7 Å². The molecule has 0 saturated carbocycles. The molecule has 0 unspecified atom stereocenters. The summed E-state index contributed by atoms with van der Waals surface area (Å²) in [6, 6.07) is 13.6. The zero-order chi connectivity index (χ0) is 20.5. The van der Waals surface area contributed by atoms with Gasteiger partial charge in [0.1, 0.15) is 5.75 Å². The topological polar surface area (TPSA) is 84.5 Å². The van der Waals surface area contributed by atoms with Crippen molar-refractivity contribution in [1.82, 2.24) is 5.32 Å². The van der Waals surface area contributed by atoms with Crippen LogP contribution in [0.4, 0.5) is 5.69 Å². The third kappa shape index (κ3) is 7.07. The minimum absolute atomic E-state index is 0.178. The van der Waals surface area contributed by atoms with E-state index in [1.165, 1.54) is 19.1 Å². The van der Waals surface area contributed by atoms with E-state index in [2.05, 4.69) is 10.6 Å². The third-order valence-electron chi connectivity index (χ3n) is 3.66. The maximum absolute atomic E-state index is 12.3. The van der Waals surface area contributed by atoms with E-state index in [1.54, 1.807) is 30.3 Å². The summed E-state index contributed by atoms with van der Waals surface area (Å²) in [6.07, 6.45) is 3.35. The molecule has 2 aromatic rings. The maximum atomic E-state index is 12.3. The van der Waals surface area contributed by atoms with E-state index in [0.717, 1.165) is 5.56 Å². The highest BCUT2D eigenvalue weighted by Gasteiger charge is 2.08. The predicted octanol–water partition coefficient (Wildman–Crippen LogP) is 3.69. The van der Waals surface area contributed by atoms with Crippen molar-refractivity contribution in [2.45, 2.75) is 27.3 Å². The van der Waals surface area contributed by atoms with Crippen molar-refractivity contribution in [3.63, 3.8) is 0 Å². The quantitative estimate of drug-likeness (QED) is 0.436. The van der Waals surface area contributed by atoms with Crippen molar-refractivity contribution in [2.75, 3.05) is 5.32 Å². The van der Waals surface area contributed by atoms with Gasteiger partial charge >= 0.3 is 5.97 Å². The Morgan fingerprint density at radius 2 is 1.79 bits per heavy atom. The van der Waals surface area contributed by atoms with E-state index >= 15 is 0 Å². The highest BCUT2D eigenvalue weighted by Crippen LogP contribution is 2.14. The molecule has 2 aromatic carbocycles. The number of carbonyl (C=O) groups is 3. The number of hydrogen-bond donors (Lipinski definition) is 2. The molecular weight excluding hydrogens is 356 g/mol. The number of ether oxygens (including phenoxy) is 1. The van der Waals surface area contributed by atoms with Gasteiger partial charge in [-0.15, -0.1) is 0 Å². The monoisotopic (exact) mass is 380 g/mol. The Kier molecular flexibility index (Phi) is 7.51. The molecule has 0 aliphatic heterocycles. The fourth-order valence-corrected chi connectivity index (χ4v) is 2.32. The fourth-order valence-electron chi connectivity index (χ4n) is 2.32. The van der Waals surface area contributed by atoms with Crippen LogP contribution < -0.4 is 15.4 Å². The maximum Gasteiger partial charge on any atom is 0.308 e. The van der Waals surface area contributed by atoms with E-state index in [1.807, 2.05) is 32.1 Å². The lowest BCUT2D eigenvalue weighted by Gasteiger charge is -2.08. The number of carbonyl (C=O) groups excluding carboxylic acids is 3. The lowest BCUT2D eigenvalue weighted by atomic mass is 10.1. The molecule has 2 rings (SSSR count). The normalized spacial score (nSPS) is 10.7. The average molecular weight is 380 g/mol. The molecular formula is C22H24N2O4. The van der Waals surface area contributed by atoms with Crippen LogP contribution in [0.15, 0.2) is 60.7 Å². The minimum Gasteiger partial charge on any atom is -0.427 e. The van der Waals surface area contributed by atoms with Crippen LogP contribution in [0.25, 0.3) is 0 Å². The Bertz CT molecular complexity index is 870. The first kappa shape index (κ1) is 20.9. The van der Waals surface area contributed by atoms with E-state index in [4.69, 9.17) is 4.74 Å². The predicted molar refractivity (Wildman–Crippen MR) is 108 cm³/mol. The second-order valence-electron chi connectivity index (χ2n) is 6.59. The number of esters is 1. The van der Waals surface area contributed by atoms with Crippen LogP contribution in [0.3, 0.4) is 0 Å². The Morgan fingerprint density at radius 3 is 2.43 bits per heavy atom. The molecule has 0 aliphatic carbocycles. The number of benzene rings is 2. The van der Waals surface area contributed by atoms with E-state index < -0.39 is 5.97 Å². The third-order valence-corrected chi connectivity index (χ3v) is 3.66. The largest absolute Gasteiger partial charge is 0.427 e. The van der Waals surface area contributed by atoms with E-state index in [9.17, 15) is 14.4 Å². The van der Waals surface area contributed by atoms with Gasteiger partial charge in [-0.3, -0.25) is 14.4 Å². The van der Waals surface area contributed by atoms with Crippen LogP contribution in [0, 0.1) is 5.92 Å². The molecule has 6 heteroatoms. The summed E-state index contributed by atoms with van der Waals surface area (Å²) >= 11 is 0. The van der Waals surface area contributed by atoms with Gasteiger partial charge in [0.15, 0.2) is 0 Å². The molecule has 0 spiro atoms. The van der Waals surface area contributed by atoms with Crippen LogP contribution >= 0.6 is 0 Å². The van der Waals surface area contributed by atoms with Gasteiger partial charge in [-0.2, -0.15) is 0 Å². The summed E-state index contributed by atoms with van der Waals surface area (Å²) < 4.78 is 4.98. The van der Waals surface area contributed by atoms with Crippen LogP contribution in [-0.2, 0) is 16.1 Å². The molecule has 6 nitrogen and oxygen atoms in total.